The van der Waals surface area contributed by atoms with Crippen LogP contribution in [0.25, 0.3) is 0 Å². The Balaban J connectivity index is 0.000000291. The van der Waals surface area contributed by atoms with E-state index < -0.39 is 0 Å². The van der Waals surface area contributed by atoms with Crippen LogP contribution in [0.1, 0.15) is 13.8 Å². The molecule has 0 fully saturated rings. The second kappa shape index (κ2) is 5.09. The largest absolute Gasteiger partial charge is 0.205 e. The van der Waals surface area contributed by atoms with Gasteiger partial charge in [-0.15, -0.1) is 0 Å². The number of nitrogens with zero attached hydrogens (tertiary/aromatic N) is 1. The van der Waals surface area contributed by atoms with Crippen molar-refractivity contribution in [3.63, 3.8) is 0 Å². The number of aromatic nitrogens is 1. The minimum Gasteiger partial charge on any atom is -0.205 e. The first-order valence-electron chi connectivity index (χ1n) is 3.11. The van der Waals surface area contributed by atoms with Gasteiger partial charge in [0.15, 0.2) is 12.4 Å². The van der Waals surface area contributed by atoms with Crippen molar-refractivity contribution in [1.82, 2.24) is 0 Å². The van der Waals surface area contributed by atoms with Crippen LogP contribution >= 0.6 is 0 Å². The lowest BCUT2D eigenvalue weighted by atomic mass is 10.5. The molecule has 0 bridgehead atoms. The average Bonchev–Trinajstić information content (AvgIpc) is 1.94. The zero-order chi connectivity index (χ0) is 7.11. The van der Waals surface area contributed by atoms with Crippen molar-refractivity contribution in [3.05, 3.63) is 30.6 Å². The Bertz CT molecular complexity index is 137. The van der Waals surface area contributed by atoms with E-state index in [1.807, 2.05) is 32.0 Å². The van der Waals surface area contributed by atoms with Crippen LogP contribution < -0.4 is 10.5 Å². The Kier molecular flexibility index (Phi) is 4.50. The SMILES string of the molecule is CC.N[n+]1ccccc1. The maximum absolute atomic E-state index is 5.27. The number of hydrogen-bond acceptors (Lipinski definition) is 1. The van der Waals surface area contributed by atoms with Crippen molar-refractivity contribution in [2.45, 2.75) is 13.8 Å². The van der Waals surface area contributed by atoms with Crippen molar-refractivity contribution in [2.75, 3.05) is 5.84 Å². The van der Waals surface area contributed by atoms with Crippen molar-refractivity contribution in [2.24, 2.45) is 0 Å². The van der Waals surface area contributed by atoms with Gasteiger partial charge in [0.25, 0.3) is 0 Å². The molecule has 1 heterocycles. The molecule has 0 amide bonds. The number of nitrogens with two attached hydrogens (primary N) is 1. The van der Waals surface area contributed by atoms with E-state index in [0.29, 0.717) is 0 Å². The Hall–Kier alpha value is -1.05. The van der Waals surface area contributed by atoms with E-state index in [9.17, 15) is 0 Å². The molecule has 0 aliphatic rings. The van der Waals surface area contributed by atoms with Gasteiger partial charge in [0.2, 0.25) is 0 Å². The molecule has 0 unspecified atom stereocenters. The van der Waals surface area contributed by atoms with Crippen LogP contribution in [-0.4, -0.2) is 0 Å². The van der Waals surface area contributed by atoms with E-state index in [1.165, 1.54) is 4.68 Å². The maximum Gasteiger partial charge on any atom is 0.199 e. The summed E-state index contributed by atoms with van der Waals surface area (Å²) < 4.78 is 1.50. The highest BCUT2D eigenvalue weighted by molar-refractivity contribution is 4.83. The van der Waals surface area contributed by atoms with E-state index in [-0.39, 0.29) is 0 Å². The van der Waals surface area contributed by atoms with Gasteiger partial charge in [-0.25, -0.2) is 5.84 Å². The molecule has 1 aromatic rings. The molecule has 0 radical (unpaired) electrons. The lowest BCUT2D eigenvalue weighted by Crippen LogP contribution is -2.42. The van der Waals surface area contributed by atoms with E-state index >= 15 is 0 Å². The van der Waals surface area contributed by atoms with Crippen LogP contribution in [0.4, 0.5) is 0 Å². The third-order valence-corrected chi connectivity index (χ3v) is 0.739. The number of nitrogen functional groups attached to an aromatic ring is 1. The van der Waals surface area contributed by atoms with Crippen molar-refractivity contribution < 1.29 is 4.68 Å². The highest BCUT2D eigenvalue weighted by Crippen LogP contribution is 1.70. The summed E-state index contributed by atoms with van der Waals surface area (Å²) in [5.41, 5.74) is 0. The smallest absolute Gasteiger partial charge is 0.199 e. The monoisotopic (exact) mass is 125 g/mol. The fourth-order valence-electron chi connectivity index (χ4n) is 0.412. The first-order chi connectivity index (χ1) is 4.39. The zero-order valence-electron chi connectivity index (χ0n) is 5.91. The predicted molar refractivity (Wildman–Crippen MR) is 38.1 cm³/mol. The standard InChI is InChI=1S/C5H7N2.C2H6/c6-7-4-2-1-3-5-7;1-2/h1-5H,6H2;1-2H3/q+1;. The minimum absolute atomic E-state index is 1.50. The molecule has 0 aromatic carbocycles. The topological polar surface area (TPSA) is 29.9 Å². The molecular weight excluding hydrogens is 112 g/mol. The summed E-state index contributed by atoms with van der Waals surface area (Å²) in [5.74, 6) is 5.27. The van der Waals surface area contributed by atoms with Crippen LogP contribution in [0.2, 0.25) is 0 Å². The molecule has 2 nitrogen and oxygen atoms in total. The molecule has 2 heteroatoms. The quantitative estimate of drug-likeness (QED) is 0.402. The number of hydrogen-bond donors (Lipinski definition) is 1. The fraction of sp³-hybridized carbons (Fsp3) is 0.286. The summed E-state index contributed by atoms with van der Waals surface area (Å²) in [5, 5.41) is 0. The molecule has 0 aliphatic carbocycles. The molecule has 1 aromatic heterocycles. The van der Waals surface area contributed by atoms with Crippen molar-refractivity contribution in [1.29, 1.82) is 0 Å². The van der Waals surface area contributed by atoms with Gasteiger partial charge >= 0.3 is 0 Å². The molecule has 0 spiro atoms. The first-order valence-corrected chi connectivity index (χ1v) is 3.11. The predicted octanol–water partition coefficient (Wildman–Crippen LogP) is 0.714. The van der Waals surface area contributed by atoms with E-state index in [1.54, 1.807) is 12.4 Å². The van der Waals surface area contributed by atoms with Gasteiger partial charge in [-0.05, 0) is 0 Å². The van der Waals surface area contributed by atoms with Crippen LogP contribution in [0.15, 0.2) is 30.6 Å². The molecule has 0 aliphatic heterocycles. The van der Waals surface area contributed by atoms with Crippen molar-refractivity contribution in [3.8, 4) is 0 Å². The lowest BCUT2D eigenvalue weighted by molar-refractivity contribution is -0.638. The summed E-state index contributed by atoms with van der Waals surface area (Å²) in [6, 6.07) is 5.67. The molecule has 1 rings (SSSR count). The van der Waals surface area contributed by atoms with Gasteiger partial charge < -0.3 is 0 Å². The van der Waals surface area contributed by atoms with Crippen molar-refractivity contribution >= 4 is 0 Å². The molecule has 0 atom stereocenters. The van der Waals surface area contributed by atoms with E-state index in [4.69, 9.17) is 5.84 Å². The third-order valence-electron chi connectivity index (χ3n) is 0.739. The maximum atomic E-state index is 5.27. The summed E-state index contributed by atoms with van der Waals surface area (Å²) in [6.07, 6.45) is 3.56. The molecule has 0 saturated heterocycles. The molecular formula is C7H13N2+. The van der Waals surface area contributed by atoms with Crippen LogP contribution in [0.5, 0.6) is 0 Å². The third kappa shape index (κ3) is 3.53. The van der Waals surface area contributed by atoms with Gasteiger partial charge in [-0.2, -0.15) is 0 Å². The van der Waals surface area contributed by atoms with E-state index in [2.05, 4.69) is 0 Å². The van der Waals surface area contributed by atoms with Crippen LogP contribution in [0, 0.1) is 0 Å². The highest BCUT2D eigenvalue weighted by Gasteiger charge is 1.79. The normalized spacial score (nSPS) is 7.33. The van der Waals surface area contributed by atoms with Gasteiger partial charge in [-0.1, -0.05) is 24.6 Å². The minimum atomic E-state index is 1.50. The molecule has 9 heavy (non-hydrogen) atoms. The van der Waals surface area contributed by atoms with Gasteiger partial charge in [0, 0.05) is 12.1 Å². The second-order valence-electron chi connectivity index (χ2n) is 1.32. The Morgan fingerprint density at radius 3 is 1.67 bits per heavy atom. The summed E-state index contributed by atoms with van der Waals surface area (Å²) in [4.78, 5) is 0. The van der Waals surface area contributed by atoms with Crippen LogP contribution in [-0.2, 0) is 0 Å². The Morgan fingerprint density at radius 1 is 1.00 bits per heavy atom. The molecule has 2 N–H and O–H groups in total. The molecule has 50 valence electrons. The highest BCUT2D eigenvalue weighted by atomic mass is 15.3. The summed E-state index contributed by atoms with van der Waals surface area (Å²) in [7, 11) is 0. The average molecular weight is 125 g/mol. The van der Waals surface area contributed by atoms with Gasteiger partial charge in [0.05, 0.1) is 0 Å². The lowest BCUT2D eigenvalue weighted by Gasteiger charge is -1.76. The summed E-state index contributed by atoms with van der Waals surface area (Å²) >= 11 is 0. The zero-order valence-corrected chi connectivity index (χ0v) is 5.91. The Labute approximate surface area is 55.9 Å². The Morgan fingerprint density at radius 2 is 1.44 bits per heavy atom. The number of pyridine rings is 1. The number of rotatable bonds is 0. The first kappa shape index (κ1) is 7.95. The fourth-order valence-corrected chi connectivity index (χ4v) is 0.412. The van der Waals surface area contributed by atoms with Gasteiger partial charge in [0.1, 0.15) is 0 Å². The second-order valence-corrected chi connectivity index (χ2v) is 1.32. The van der Waals surface area contributed by atoms with E-state index in [0.717, 1.165) is 0 Å². The van der Waals surface area contributed by atoms with Crippen LogP contribution in [0.3, 0.4) is 0 Å². The molecule has 0 saturated carbocycles. The summed E-state index contributed by atoms with van der Waals surface area (Å²) in [6.45, 7) is 4.00. The van der Waals surface area contributed by atoms with Gasteiger partial charge in [-0.3, -0.25) is 0 Å².